The smallest absolute Gasteiger partial charge is 0.356 e. The molecule has 0 amide bonds. The fourth-order valence-electron chi connectivity index (χ4n) is 4.82. The Labute approximate surface area is 229 Å². The number of benzene rings is 1. The van der Waals surface area contributed by atoms with Crippen LogP contribution in [0, 0.1) is 0 Å². The van der Waals surface area contributed by atoms with E-state index in [9.17, 15) is 14.7 Å². The number of nitrogens with zero attached hydrogens (tertiary/aromatic N) is 2. The maximum atomic E-state index is 13.1. The molecule has 0 saturated heterocycles. The van der Waals surface area contributed by atoms with Gasteiger partial charge < -0.3 is 16.2 Å². The zero-order valence-electron chi connectivity index (χ0n) is 23.5. The maximum Gasteiger partial charge on any atom is 0.356 e. The molecule has 1 heterocycles. The Morgan fingerprint density at radius 2 is 1.34 bits per heavy atom. The minimum atomic E-state index is -0.671. The molecule has 0 radical (unpaired) electrons. The van der Waals surface area contributed by atoms with E-state index >= 15 is 0 Å². The molecule has 1 unspecified atom stereocenters. The largest absolute Gasteiger partial charge is 0.508 e. The number of rotatable bonds is 21. The van der Waals surface area contributed by atoms with E-state index < -0.39 is 11.7 Å². The SMILES string of the molecule is CCCCCCCCCCCCCCCCCCNC(Cc1ccc(O)cc1)C(=O)n1ccc(N)nc1=O. The number of carbonyl (C=O) groups excluding carboxylic acids is 1. The van der Waals surface area contributed by atoms with Gasteiger partial charge in [-0.25, -0.2) is 9.36 Å². The molecule has 4 N–H and O–H groups in total. The summed E-state index contributed by atoms with van der Waals surface area (Å²) in [6.07, 6.45) is 22.9. The number of phenolic OH excluding ortho intramolecular Hbond substituents is 1. The number of nitrogen functional groups attached to an aromatic ring is 1. The normalized spacial score (nSPS) is 12.0. The third-order valence-electron chi connectivity index (χ3n) is 7.16. The molecule has 38 heavy (non-hydrogen) atoms. The van der Waals surface area contributed by atoms with Crippen LogP contribution in [-0.4, -0.2) is 33.2 Å². The lowest BCUT2D eigenvalue weighted by molar-refractivity contribution is 0.0852. The van der Waals surface area contributed by atoms with Crippen LogP contribution in [0.2, 0.25) is 0 Å². The molecule has 7 nitrogen and oxygen atoms in total. The van der Waals surface area contributed by atoms with Gasteiger partial charge in [-0.15, -0.1) is 0 Å². The lowest BCUT2D eigenvalue weighted by Crippen LogP contribution is -2.45. The second kappa shape index (κ2) is 19.4. The number of hydrogen-bond acceptors (Lipinski definition) is 6. The molecule has 0 fully saturated rings. The number of aromatic nitrogens is 2. The van der Waals surface area contributed by atoms with Crippen molar-refractivity contribution in [2.45, 2.75) is 122 Å². The number of carbonyl (C=O) groups is 1. The van der Waals surface area contributed by atoms with E-state index in [1.165, 1.54) is 102 Å². The predicted octanol–water partition coefficient (Wildman–Crippen LogP) is 6.63. The molecule has 0 aliphatic carbocycles. The summed E-state index contributed by atoms with van der Waals surface area (Å²) < 4.78 is 1.02. The van der Waals surface area contributed by atoms with Gasteiger partial charge in [0.2, 0.25) is 0 Å². The van der Waals surface area contributed by atoms with Crippen LogP contribution in [0.15, 0.2) is 41.3 Å². The van der Waals surface area contributed by atoms with Crippen molar-refractivity contribution < 1.29 is 9.90 Å². The van der Waals surface area contributed by atoms with Gasteiger partial charge in [0.15, 0.2) is 0 Å². The summed E-state index contributed by atoms with van der Waals surface area (Å²) in [4.78, 5) is 29.0. The topological polar surface area (TPSA) is 110 Å². The average molecular weight is 527 g/mol. The van der Waals surface area contributed by atoms with E-state index in [2.05, 4.69) is 17.2 Å². The molecule has 1 atom stereocenters. The Morgan fingerprint density at radius 3 is 1.84 bits per heavy atom. The van der Waals surface area contributed by atoms with Crippen LogP contribution in [0.4, 0.5) is 5.82 Å². The van der Waals surface area contributed by atoms with Crippen molar-refractivity contribution >= 4 is 11.7 Å². The highest BCUT2D eigenvalue weighted by molar-refractivity contribution is 5.84. The Hall–Kier alpha value is -2.67. The van der Waals surface area contributed by atoms with Gasteiger partial charge in [0.25, 0.3) is 5.91 Å². The fraction of sp³-hybridized carbons (Fsp3) is 0.645. The van der Waals surface area contributed by atoms with Gasteiger partial charge in [-0.2, -0.15) is 4.98 Å². The highest BCUT2D eigenvalue weighted by Gasteiger charge is 2.21. The first kappa shape index (κ1) is 31.5. The number of nitrogens with two attached hydrogens (primary N) is 1. The molecule has 0 aliphatic heterocycles. The molecular formula is C31H50N4O3. The van der Waals surface area contributed by atoms with Gasteiger partial charge >= 0.3 is 5.69 Å². The first-order chi connectivity index (χ1) is 18.5. The summed E-state index contributed by atoms with van der Waals surface area (Å²) in [5, 5.41) is 12.9. The molecule has 2 rings (SSSR count). The van der Waals surface area contributed by atoms with E-state index in [-0.39, 0.29) is 17.5 Å². The number of phenols is 1. The number of anilines is 1. The van der Waals surface area contributed by atoms with Crippen molar-refractivity contribution in [3.8, 4) is 5.75 Å². The maximum absolute atomic E-state index is 13.1. The molecule has 1 aromatic carbocycles. The molecule has 1 aromatic heterocycles. The van der Waals surface area contributed by atoms with Crippen LogP contribution in [0.3, 0.4) is 0 Å². The first-order valence-electron chi connectivity index (χ1n) is 14.9. The van der Waals surface area contributed by atoms with E-state index in [1.54, 1.807) is 24.3 Å². The molecule has 2 aromatic rings. The van der Waals surface area contributed by atoms with Crippen LogP contribution in [-0.2, 0) is 6.42 Å². The minimum absolute atomic E-state index is 0.0928. The molecule has 7 heteroatoms. The lowest BCUT2D eigenvalue weighted by Gasteiger charge is -2.18. The van der Waals surface area contributed by atoms with Crippen molar-refractivity contribution in [1.29, 1.82) is 0 Å². The minimum Gasteiger partial charge on any atom is -0.508 e. The zero-order valence-corrected chi connectivity index (χ0v) is 23.5. The summed E-state index contributed by atoms with van der Waals surface area (Å²) in [5.41, 5.74) is 5.80. The Morgan fingerprint density at radius 1 is 0.842 bits per heavy atom. The number of aromatic hydroxyl groups is 1. The highest BCUT2D eigenvalue weighted by atomic mass is 16.3. The van der Waals surface area contributed by atoms with Gasteiger partial charge in [-0.3, -0.25) is 4.79 Å². The Balaban J connectivity index is 1.61. The summed E-state index contributed by atoms with van der Waals surface area (Å²) in [6.45, 7) is 2.97. The van der Waals surface area contributed by atoms with Gasteiger partial charge in [-0.1, -0.05) is 115 Å². The lowest BCUT2D eigenvalue weighted by atomic mass is 10.0. The number of nitrogens with one attached hydrogen (secondary N) is 1. The van der Waals surface area contributed by atoms with Crippen molar-refractivity contribution in [3.63, 3.8) is 0 Å². The molecular weight excluding hydrogens is 476 g/mol. The third-order valence-corrected chi connectivity index (χ3v) is 7.16. The monoisotopic (exact) mass is 526 g/mol. The molecule has 0 bridgehead atoms. The fourth-order valence-corrected chi connectivity index (χ4v) is 4.82. The third kappa shape index (κ3) is 13.2. The molecule has 0 spiro atoms. The van der Waals surface area contributed by atoms with E-state index in [0.29, 0.717) is 13.0 Å². The molecule has 212 valence electrons. The van der Waals surface area contributed by atoms with Crippen molar-refractivity contribution in [3.05, 3.63) is 52.6 Å². The van der Waals surface area contributed by atoms with E-state index in [1.807, 2.05) is 0 Å². The van der Waals surface area contributed by atoms with Gasteiger partial charge in [0, 0.05) is 6.20 Å². The zero-order chi connectivity index (χ0) is 27.4. The van der Waals surface area contributed by atoms with Crippen LogP contribution in [0.25, 0.3) is 0 Å². The van der Waals surface area contributed by atoms with Crippen molar-refractivity contribution in [2.24, 2.45) is 0 Å². The predicted molar refractivity (Wildman–Crippen MR) is 157 cm³/mol. The van der Waals surface area contributed by atoms with Gasteiger partial charge in [0.1, 0.15) is 11.6 Å². The van der Waals surface area contributed by atoms with Gasteiger partial charge in [-0.05, 0) is 43.1 Å². The first-order valence-corrected chi connectivity index (χ1v) is 14.9. The summed E-state index contributed by atoms with van der Waals surface area (Å²) in [6, 6.07) is 7.66. The van der Waals surface area contributed by atoms with Crippen LogP contribution < -0.4 is 16.7 Å². The highest BCUT2D eigenvalue weighted by Crippen LogP contribution is 2.14. The molecule has 0 saturated carbocycles. The summed E-state index contributed by atoms with van der Waals surface area (Å²) in [7, 11) is 0. The second-order valence-corrected chi connectivity index (χ2v) is 10.5. The Bertz CT molecular complexity index is 958. The standard InChI is InChI=1S/C31H50N4O3/c1-2-3-4-5-6-7-8-9-10-11-12-13-14-15-16-17-23-33-28(25-26-18-20-27(36)21-19-26)30(37)35-24-22-29(32)34-31(35)38/h18-22,24,28,33,36H,2-17,23,25H2,1H3,(H2,32,34,38). The van der Waals surface area contributed by atoms with Crippen molar-refractivity contribution in [1.82, 2.24) is 14.9 Å². The average Bonchev–Trinajstić information content (AvgIpc) is 2.90. The summed E-state index contributed by atoms with van der Waals surface area (Å²) in [5.74, 6) is -0.0842. The molecule has 0 aliphatic rings. The number of unbranched alkanes of at least 4 members (excludes halogenated alkanes) is 15. The van der Waals surface area contributed by atoms with E-state index in [0.717, 1.165) is 23.0 Å². The number of hydrogen-bond donors (Lipinski definition) is 3. The van der Waals surface area contributed by atoms with Crippen molar-refractivity contribution in [2.75, 3.05) is 12.3 Å². The van der Waals surface area contributed by atoms with Crippen LogP contribution in [0.1, 0.15) is 120 Å². The Kier molecular flexibility index (Phi) is 16.1. The van der Waals surface area contributed by atoms with Crippen LogP contribution in [0.5, 0.6) is 5.75 Å². The summed E-state index contributed by atoms with van der Waals surface area (Å²) >= 11 is 0. The van der Waals surface area contributed by atoms with Gasteiger partial charge in [0.05, 0.1) is 6.04 Å². The van der Waals surface area contributed by atoms with Crippen LogP contribution >= 0.6 is 0 Å². The van der Waals surface area contributed by atoms with E-state index in [4.69, 9.17) is 5.73 Å². The quantitative estimate of drug-likeness (QED) is 0.157. The second-order valence-electron chi connectivity index (χ2n) is 10.5.